The fourth-order valence-corrected chi connectivity index (χ4v) is 4.41. The molecule has 0 spiro atoms. The number of rotatable bonds is 9. The molecule has 1 aliphatic heterocycles. The number of anilines is 1. The Morgan fingerprint density at radius 2 is 1.57 bits per heavy atom. The Labute approximate surface area is 213 Å². The van der Waals surface area contributed by atoms with E-state index in [1.54, 1.807) is 60.7 Å². The molecule has 1 saturated heterocycles. The highest BCUT2D eigenvalue weighted by Gasteiger charge is 2.28. The lowest BCUT2D eigenvalue weighted by molar-refractivity contribution is -0.148. The fraction of sp³-hybridized carbons (Fsp3) is 0.250. The first-order chi connectivity index (χ1) is 17.8. The lowest BCUT2D eigenvalue weighted by atomic mass is 9.95. The van der Waals surface area contributed by atoms with Crippen molar-refractivity contribution < 1.29 is 34.4 Å². The molecule has 3 aromatic rings. The molecule has 9 nitrogen and oxygen atoms in total. The predicted octanol–water partition coefficient (Wildman–Crippen LogP) is 2.68. The zero-order chi connectivity index (χ0) is 26.4. The SMILES string of the molecule is O=C(N[C@H](Cc1ccccc1)[C@@H](O)C(=O)O)c1ccc(N2CCOCC2)c(-c2ccccc2C(=O)O)c1. The van der Waals surface area contributed by atoms with Gasteiger partial charge in [0.05, 0.1) is 24.8 Å². The summed E-state index contributed by atoms with van der Waals surface area (Å²) in [5.41, 5.74) is 2.84. The van der Waals surface area contributed by atoms with Crippen LogP contribution in [0.4, 0.5) is 5.69 Å². The van der Waals surface area contributed by atoms with Crippen LogP contribution in [0.25, 0.3) is 11.1 Å². The van der Waals surface area contributed by atoms with Gasteiger partial charge < -0.3 is 30.3 Å². The summed E-state index contributed by atoms with van der Waals surface area (Å²) in [6.45, 7) is 2.27. The number of carboxylic acids is 2. The molecular weight excluding hydrogens is 476 g/mol. The zero-order valence-electron chi connectivity index (χ0n) is 20.0. The van der Waals surface area contributed by atoms with Crippen molar-refractivity contribution in [1.29, 1.82) is 0 Å². The van der Waals surface area contributed by atoms with E-state index in [-0.39, 0.29) is 17.5 Å². The number of nitrogens with one attached hydrogen (secondary N) is 1. The van der Waals surface area contributed by atoms with Gasteiger partial charge in [0.1, 0.15) is 0 Å². The van der Waals surface area contributed by atoms with Gasteiger partial charge in [-0.2, -0.15) is 0 Å². The van der Waals surface area contributed by atoms with Gasteiger partial charge in [0.2, 0.25) is 0 Å². The molecule has 4 rings (SSSR count). The molecule has 37 heavy (non-hydrogen) atoms. The summed E-state index contributed by atoms with van der Waals surface area (Å²) in [5, 5.41) is 32.1. The van der Waals surface area contributed by atoms with Crippen molar-refractivity contribution in [3.8, 4) is 11.1 Å². The summed E-state index contributed by atoms with van der Waals surface area (Å²) < 4.78 is 5.45. The quantitative estimate of drug-likeness (QED) is 0.349. The van der Waals surface area contributed by atoms with Gasteiger partial charge in [0.15, 0.2) is 6.10 Å². The van der Waals surface area contributed by atoms with Gasteiger partial charge in [-0.1, -0.05) is 48.5 Å². The first kappa shape index (κ1) is 25.9. The summed E-state index contributed by atoms with van der Waals surface area (Å²) in [4.78, 5) is 38.9. The normalized spacial score (nSPS) is 15.0. The largest absolute Gasteiger partial charge is 0.479 e. The van der Waals surface area contributed by atoms with Crippen molar-refractivity contribution in [3.63, 3.8) is 0 Å². The Morgan fingerprint density at radius 1 is 0.892 bits per heavy atom. The molecule has 1 heterocycles. The number of aromatic carboxylic acids is 1. The van der Waals surface area contributed by atoms with Gasteiger partial charge >= 0.3 is 11.9 Å². The molecule has 0 radical (unpaired) electrons. The van der Waals surface area contributed by atoms with E-state index in [4.69, 9.17) is 4.74 Å². The molecule has 3 aromatic carbocycles. The molecule has 0 aliphatic carbocycles. The average Bonchev–Trinajstić information content (AvgIpc) is 2.92. The number of hydrogen-bond acceptors (Lipinski definition) is 6. The Morgan fingerprint density at radius 3 is 2.24 bits per heavy atom. The van der Waals surface area contributed by atoms with E-state index in [0.717, 1.165) is 11.3 Å². The monoisotopic (exact) mass is 504 g/mol. The number of aliphatic hydroxyl groups is 1. The van der Waals surface area contributed by atoms with Crippen molar-refractivity contribution in [1.82, 2.24) is 5.32 Å². The van der Waals surface area contributed by atoms with Gasteiger partial charge in [-0.3, -0.25) is 4.79 Å². The number of carboxylic acid groups (broad SMARTS) is 2. The van der Waals surface area contributed by atoms with Crippen LogP contribution in [-0.4, -0.2) is 71.6 Å². The van der Waals surface area contributed by atoms with Crippen LogP contribution >= 0.6 is 0 Å². The van der Waals surface area contributed by atoms with Gasteiger partial charge in [0, 0.05) is 29.9 Å². The number of hydrogen-bond donors (Lipinski definition) is 4. The maximum Gasteiger partial charge on any atom is 0.336 e. The summed E-state index contributed by atoms with van der Waals surface area (Å²) in [6, 6.07) is 19.4. The number of aliphatic carboxylic acids is 1. The maximum absolute atomic E-state index is 13.3. The number of nitrogens with zero attached hydrogens (tertiary/aromatic N) is 1. The number of carbonyl (C=O) groups excluding carboxylic acids is 1. The smallest absolute Gasteiger partial charge is 0.336 e. The van der Waals surface area contributed by atoms with E-state index in [1.807, 2.05) is 6.07 Å². The van der Waals surface area contributed by atoms with Gasteiger partial charge in [-0.25, -0.2) is 9.59 Å². The third-order valence-corrected chi connectivity index (χ3v) is 6.31. The topological polar surface area (TPSA) is 136 Å². The van der Waals surface area contributed by atoms with Gasteiger partial charge in [-0.15, -0.1) is 0 Å². The summed E-state index contributed by atoms with van der Waals surface area (Å²) >= 11 is 0. The average molecular weight is 505 g/mol. The van der Waals surface area contributed by atoms with Crippen LogP contribution in [-0.2, 0) is 16.0 Å². The van der Waals surface area contributed by atoms with Crippen LogP contribution in [0.1, 0.15) is 26.3 Å². The van der Waals surface area contributed by atoms with E-state index < -0.39 is 30.0 Å². The van der Waals surface area contributed by atoms with Crippen molar-refractivity contribution in [3.05, 3.63) is 89.5 Å². The Balaban J connectivity index is 1.70. The third kappa shape index (κ3) is 6.14. The molecular formula is C28H28N2O7. The summed E-state index contributed by atoms with van der Waals surface area (Å²) in [7, 11) is 0. The van der Waals surface area contributed by atoms with Crippen LogP contribution in [0.5, 0.6) is 0 Å². The predicted molar refractivity (Wildman–Crippen MR) is 137 cm³/mol. The van der Waals surface area contributed by atoms with E-state index in [1.165, 1.54) is 6.07 Å². The molecule has 0 aromatic heterocycles. The van der Waals surface area contributed by atoms with Crippen molar-refractivity contribution in [2.24, 2.45) is 0 Å². The van der Waals surface area contributed by atoms with Gasteiger partial charge in [-0.05, 0) is 41.8 Å². The highest BCUT2D eigenvalue weighted by molar-refractivity contribution is 6.01. The standard InChI is InChI=1S/C28H28N2O7/c31-25(28(35)36)23(16-18-6-2-1-3-7-18)29-26(32)19-10-11-24(30-12-14-37-15-13-30)22(17-19)20-8-4-5-9-21(20)27(33)34/h1-11,17,23,25,31H,12-16H2,(H,29,32)(H,33,34)(H,35,36)/t23-,25-/m1/s1. The van der Waals surface area contributed by atoms with E-state index in [0.29, 0.717) is 37.4 Å². The second-order valence-electron chi connectivity index (χ2n) is 8.73. The van der Waals surface area contributed by atoms with Crippen molar-refractivity contribution in [2.75, 3.05) is 31.2 Å². The van der Waals surface area contributed by atoms with Crippen molar-refractivity contribution >= 4 is 23.5 Å². The highest BCUT2D eigenvalue weighted by Crippen LogP contribution is 2.35. The highest BCUT2D eigenvalue weighted by atomic mass is 16.5. The summed E-state index contributed by atoms with van der Waals surface area (Å²) in [6.07, 6.45) is -1.70. The molecule has 1 aliphatic rings. The minimum atomic E-state index is -1.82. The van der Waals surface area contributed by atoms with E-state index in [2.05, 4.69) is 10.2 Å². The Hall–Kier alpha value is -4.21. The first-order valence-corrected chi connectivity index (χ1v) is 11.9. The van der Waals surface area contributed by atoms with E-state index >= 15 is 0 Å². The van der Waals surface area contributed by atoms with Crippen LogP contribution in [0.2, 0.25) is 0 Å². The fourth-order valence-electron chi connectivity index (χ4n) is 4.41. The number of carbonyl (C=O) groups is 3. The number of ether oxygens (including phenoxy) is 1. The number of morpholine rings is 1. The molecule has 0 bridgehead atoms. The second kappa shape index (κ2) is 11.7. The van der Waals surface area contributed by atoms with Crippen LogP contribution in [0.15, 0.2) is 72.8 Å². The van der Waals surface area contributed by atoms with E-state index in [9.17, 15) is 29.7 Å². The maximum atomic E-state index is 13.3. The number of aliphatic hydroxyl groups excluding tert-OH is 1. The second-order valence-corrected chi connectivity index (χ2v) is 8.73. The van der Waals surface area contributed by atoms with Crippen molar-refractivity contribution in [2.45, 2.75) is 18.6 Å². The molecule has 192 valence electrons. The third-order valence-electron chi connectivity index (χ3n) is 6.31. The minimum absolute atomic E-state index is 0.0952. The van der Waals surface area contributed by atoms with Crippen LogP contribution < -0.4 is 10.2 Å². The summed E-state index contributed by atoms with van der Waals surface area (Å²) in [5.74, 6) is -3.12. The lowest BCUT2D eigenvalue weighted by Gasteiger charge is -2.31. The molecule has 2 atom stereocenters. The first-order valence-electron chi connectivity index (χ1n) is 11.9. The van der Waals surface area contributed by atoms with Crippen LogP contribution in [0, 0.1) is 0 Å². The molecule has 9 heteroatoms. The lowest BCUT2D eigenvalue weighted by Crippen LogP contribution is -2.48. The molecule has 0 saturated carbocycles. The molecule has 4 N–H and O–H groups in total. The molecule has 1 fully saturated rings. The molecule has 1 amide bonds. The molecule has 0 unspecified atom stereocenters. The minimum Gasteiger partial charge on any atom is -0.479 e. The number of benzene rings is 3. The number of amides is 1. The van der Waals surface area contributed by atoms with Gasteiger partial charge in [0.25, 0.3) is 5.91 Å². The Bertz CT molecular complexity index is 1270. The van der Waals surface area contributed by atoms with Crippen LogP contribution in [0.3, 0.4) is 0 Å². The zero-order valence-corrected chi connectivity index (χ0v) is 20.0. The Kier molecular flexibility index (Phi) is 8.17.